The zero-order valence-corrected chi connectivity index (χ0v) is 19.3. The lowest BCUT2D eigenvalue weighted by Gasteiger charge is -2.26. The molecule has 1 atom stereocenters. The fourth-order valence-corrected chi connectivity index (χ4v) is 5.82. The van der Waals surface area contributed by atoms with Crippen LogP contribution in [-0.2, 0) is 0 Å². The summed E-state index contributed by atoms with van der Waals surface area (Å²) in [6, 6.07) is 9.34. The number of thioether (sulfide) groups is 1. The molecule has 1 aromatic carbocycles. The van der Waals surface area contributed by atoms with Crippen LogP contribution in [-0.4, -0.2) is 19.7 Å². The predicted octanol–water partition coefficient (Wildman–Crippen LogP) is 6.52. The first-order valence-corrected chi connectivity index (χ1v) is 12.5. The van der Waals surface area contributed by atoms with Crippen LogP contribution < -0.4 is 5.56 Å². The highest BCUT2D eigenvalue weighted by molar-refractivity contribution is 7.99. The number of thiophene rings is 1. The summed E-state index contributed by atoms with van der Waals surface area (Å²) in [5.41, 5.74) is 0.608. The summed E-state index contributed by atoms with van der Waals surface area (Å²) >= 11 is 9.21. The van der Waals surface area contributed by atoms with Crippen molar-refractivity contribution in [2.75, 3.05) is 0 Å². The van der Waals surface area contributed by atoms with Gasteiger partial charge in [0.05, 0.1) is 21.0 Å². The molecule has 0 saturated heterocycles. The zero-order valence-electron chi connectivity index (χ0n) is 17.0. The lowest BCUT2D eigenvalue weighted by atomic mass is 9.95. The van der Waals surface area contributed by atoms with Crippen molar-refractivity contribution in [3.8, 4) is 10.8 Å². The van der Waals surface area contributed by atoms with Crippen molar-refractivity contribution in [3.05, 3.63) is 57.0 Å². The van der Waals surface area contributed by atoms with Gasteiger partial charge in [0, 0.05) is 11.1 Å². The maximum Gasteiger partial charge on any atom is 0.262 e. The van der Waals surface area contributed by atoms with Crippen LogP contribution in [0.25, 0.3) is 21.7 Å². The van der Waals surface area contributed by atoms with E-state index in [1.165, 1.54) is 18.2 Å². The average molecular weight is 473 g/mol. The molecule has 1 unspecified atom stereocenters. The fraction of sp³-hybridized carbons (Fsp3) is 0.364. The molecule has 0 amide bonds. The molecule has 0 aliphatic heterocycles. The number of aromatic nitrogens is 4. The first kappa shape index (κ1) is 20.7. The molecule has 3 heterocycles. The number of rotatable bonds is 5. The molecule has 6 nitrogen and oxygen atoms in total. The van der Waals surface area contributed by atoms with Gasteiger partial charge in [-0.15, -0.1) is 21.5 Å². The molecule has 0 N–H and O–H groups in total. The van der Waals surface area contributed by atoms with E-state index in [1.54, 1.807) is 29.5 Å². The molecule has 1 saturated carbocycles. The second-order valence-corrected chi connectivity index (χ2v) is 10.4. The maximum atomic E-state index is 13.5. The van der Waals surface area contributed by atoms with Gasteiger partial charge < -0.3 is 4.42 Å². The number of hydrogen-bond acceptors (Lipinski definition) is 7. The number of fused-ring (bicyclic) bond motifs is 1. The Morgan fingerprint density at radius 3 is 2.84 bits per heavy atom. The topological polar surface area (TPSA) is 73.8 Å². The van der Waals surface area contributed by atoms with Crippen LogP contribution in [0.1, 0.15) is 56.2 Å². The van der Waals surface area contributed by atoms with E-state index in [0.717, 1.165) is 30.6 Å². The lowest BCUT2D eigenvalue weighted by Crippen LogP contribution is -2.29. The van der Waals surface area contributed by atoms with E-state index < -0.39 is 0 Å². The standard InChI is InChI=1S/C22H21ClN4O2S2/c1-13(19-25-26-20(29-19)18-8-5-11-30-18)31-22-24-17-12-14(23)9-10-16(17)21(28)27(22)15-6-3-2-4-7-15/h5,8-13,15H,2-4,6-7H2,1H3. The summed E-state index contributed by atoms with van der Waals surface area (Å²) < 4.78 is 7.80. The molecule has 1 fully saturated rings. The summed E-state index contributed by atoms with van der Waals surface area (Å²) in [5.74, 6) is 1.03. The summed E-state index contributed by atoms with van der Waals surface area (Å²) in [6.07, 6.45) is 5.46. The molecule has 1 aliphatic carbocycles. The maximum absolute atomic E-state index is 13.5. The second kappa shape index (κ2) is 8.76. The minimum absolute atomic E-state index is 0.00642. The van der Waals surface area contributed by atoms with Gasteiger partial charge in [0.25, 0.3) is 11.4 Å². The van der Waals surface area contributed by atoms with E-state index >= 15 is 0 Å². The van der Waals surface area contributed by atoms with Crippen LogP contribution in [0, 0.1) is 0 Å². The van der Waals surface area contributed by atoms with Gasteiger partial charge in [-0.05, 0) is 49.4 Å². The second-order valence-electron chi connectivity index (χ2n) is 7.71. The van der Waals surface area contributed by atoms with Gasteiger partial charge in [-0.1, -0.05) is 48.7 Å². The largest absolute Gasteiger partial charge is 0.419 e. The molecule has 0 radical (unpaired) electrons. The molecule has 0 spiro atoms. The molecule has 5 rings (SSSR count). The predicted molar refractivity (Wildman–Crippen MR) is 125 cm³/mol. The summed E-state index contributed by atoms with van der Waals surface area (Å²) in [6.45, 7) is 2.00. The normalized spacial score (nSPS) is 16.1. The Labute approximate surface area is 192 Å². The van der Waals surface area contributed by atoms with E-state index in [4.69, 9.17) is 21.0 Å². The summed E-state index contributed by atoms with van der Waals surface area (Å²) in [4.78, 5) is 19.2. The van der Waals surface area contributed by atoms with E-state index in [9.17, 15) is 4.79 Å². The van der Waals surface area contributed by atoms with Crippen LogP contribution in [0.2, 0.25) is 5.02 Å². The van der Waals surface area contributed by atoms with Crippen LogP contribution in [0.4, 0.5) is 0 Å². The Morgan fingerprint density at radius 1 is 1.23 bits per heavy atom. The van der Waals surface area contributed by atoms with E-state index in [0.29, 0.717) is 32.9 Å². The summed E-state index contributed by atoms with van der Waals surface area (Å²) in [5, 5.41) is 12.1. The minimum atomic E-state index is -0.153. The highest BCUT2D eigenvalue weighted by Gasteiger charge is 2.25. The Hall–Kier alpha value is -2.16. The van der Waals surface area contributed by atoms with Crippen molar-refractivity contribution in [2.24, 2.45) is 0 Å². The third-order valence-corrected chi connectivity index (χ3v) is 7.72. The van der Waals surface area contributed by atoms with Crippen molar-refractivity contribution in [1.29, 1.82) is 0 Å². The Kier molecular flexibility index (Phi) is 5.86. The van der Waals surface area contributed by atoms with Gasteiger partial charge in [0.2, 0.25) is 5.89 Å². The first-order chi connectivity index (χ1) is 15.1. The van der Waals surface area contributed by atoms with Crippen LogP contribution in [0.3, 0.4) is 0 Å². The van der Waals surface area contributed by atoms with Gasteiger partial charge in [-0.25, -0.2) is 4.98 Å². The van der Waals surface area contributed by atoms with Crippen molar-refractivity contribution >= 4 is 45.6 Å². The molecule has 9 heteroatoms. The molecule has 31 heavy (non-hydrogen) atoms. The average Bonchev–Trinajstić information content (AvgIpc) is 3.46. The zero-order chi connectivity index (χ0) is 21.4. The summed E-state index contributed by atoms with van der Waals surface area (Å²) in [7, 11) is 0. The van der Waals surface area contributed by atoms with Gasteiger partial charge in [-0.2, -0.15) is 0 Å². The van der Waals surface area contributed by atoms with Crippen LogP contribution >= 0.6 is 34.7 Å². The molecule has 3 aromatic heterocycles. The Bertz CT molecular complexity index is 1260. The van der Waals surface area contributed by atoms with Crippen molar-refractivity contribution in [1.82, 2.24) is 19.7 Å². The molecule has 0 bridgehead atoms. The molecule has 1 aliphatic rings. The van der Waals surface area contributed by atoms with Gasteiger partial charge in [0.15, 0.2) is 5.16 Å². The highest BCUT2D eigenvalue weighted by atomic mass is 35.5. The smallest absolute Gasteiger partial charge is 0.262 e. The first-order valence-electron chi connectivity index (χ1n) is 10.4. The van der Waals surface area contributed by atoms with Crippen LogP contribution in [0.15, 0.2) is 50.1 Å². The van der Waals surface area contributed by atoms with Gasteiger partial charge in [-0.3, -0.25) is 9.36 Å². The third kappa shape index (κ3) is 4.16. The molecular weight excluding hydrogens is 452 g/mol. The van der Waals surface area contributed by atoms with Crippen LogP contribution in [0.5, 0.6) is 0 Å². The quantitative estimate of drug-likeness (QED) is 0.243. The van der Waals surface area contributed by atoms with Crippen molar-refractivity contribution in [3.63, 3.8) is 0 Å². The number of halogens is 1. The van der Waals surface area contributed by atoms with E-state index in [-0.39, 0.29) is 16.9 Å². The van der Waals surface area contributed by atoms with E-state index in [1.807, 2.05) is 29.0 Å². The SMILES string of the molecule is CC(Sc1nc2cc(Cl)ccc2c(=O)n1C1CCCCC1)c1nnc(-c2cccs2)o1. The third-order valence-electron chi connectivity index (χ3n) is 5.57. The van der Waals surface area contributed by atoms with Crippen molar-refractivity contribution in [2.45, 2.75) is 55.5 Å². The lowest BCUT2D eigenvalue weighted by molar-refractivity contribution is 0.326. The monoisotopic (exact) mass is 472 g/mol. The minimum Gasteiger partial charge on any atom is -0.419 e. The Balaban J connectivity index is 1.53. The highest BCUT2D eigenvalue weighted by Crippen LogP contribution is 2.38. The number of nitrogens with zero attached hydrogens (tertiary/aromatic N) is 4. The van der Waals surface area contributed by atoms with Gasteiger partial charge >= 0.3 is 0 Å². The molecule has 4 aromatic rings. The Morgan fingerprint density at radius 2 is 2.06 bits per heavy atom. The molecule has 160 valence electrons. The number of hydrogen-bond donors (Lipinski definition) is 0. The van der Waals surface area contributed by atoms with E-state index in [2.05, 4.69) is 10.2 Å². The number of benzene rings is 1. The molecular formula is C22H21ClN4O2S2. The van der Waals surface area contributed by atoms with Crippen molar-refractivity contribution < 1.29 is 4.42 Å². The van der Waals surface area contributed by atoms with Gasteiger partial charge in [0.1, 0.15) is 0 Å². The fourth-order valence-electron chi connectivity index (χ4n) is 4.00.